The van der Waals surface area contributed by atoms with Gasteiger partial charge in [0.05, 0.1) is 17.4 Å². The number of anilines is 1. The van der Waals surface area contributed by atoms with Gasteiger partial charge in [-0.1, -0.05) is 11.6 Å². The molecule has 0 atom stereocenters. The topological polar surface area (TPSA) is 70.2 Å². The summed E-state index contributed by atoms with van der Waals surface area (Å²) in [5.41, 5.74) is 0.462. The number of nitriles is 1. The third-order valence-corrected chi connectivity index (χ3v) is 2.77. The third-order valence-electron chi connectivity index (χ3n) is 2.53. The SMILES string of the molecule is CC(C)N(CCC#N)c1ccc(Cl)cc1[N+](=O)[O-]. The maximum Gasteiger partial charge on any atom is 0.294 e. The third kappa shape index (κ3) is 3.34. The molecule has 0 heterocycles. The average molecular weight is 268 g/mol. The minimum atomic E-state index is -0.455. The van der Waals surface area contributed by atoms with Crippen molar-refractivity contribution in [2.24, 2.45) is 0 Å². The van der Waals surface area contributed by atoms with E-state index in [2.05, 4.69) is 0 Å². The number of nitro groups is 1. The van der Waals surface area contributed by atoms with Gasteiger partial charge in [0.15, 0.2) is 0 Å². The van der Waals surface area contributed by atoms with Gasteiger partial charge in [-0.3, -0.25) is 10.1 Å². The van der Waals surface area contributed by atoms with Crippen LogP contribution in [0.4, 0.5) is 11.4 Å². The Balaban J connectivity index is 3.19. The van der Waals surface area contributed by atoms with Crippen molar-refractivity contribution in [3.05, 3.63) is 33.3 Å². The summed E-state index contributed by atoms with van der Waals surface area (Å²) in [6.07, 6.45) is 0.317. The summed E-state index contributed by atoms with van der Waals surface area (Å²) in [6, 6.07) is 6.68. The predicted molar refractivity (Wildman–Crippen MR) is 70.8 cm³/mol. The zero-order chi connectivity index (χ0) is 13.7. The van der Waals surface area contributed by atoms with Crippen LogP contribution in [0, 0.1) is 21.4 Å². The van der Waals surface area contributed by atoms with Gasteiger partial charge < -0.3 is 4.90 Å². The van der Waals surface area contributed by atoms with Crippen LogP contribution in [-0.2, 0) is 0 Å². The maximum absolute atomic E-state index is 11.0. The second-order valence-corrected chi connectivity index (χ2v) is 4.52. The zero-order valence-electron chi connectivity index (χ0n) is 10.3. The number of halogens is 1. The van der Waals surface area contributed by atoms with Crippen LogP contribution >= 0.6 is 11.6 Å². The first-order valence-electron chi connectivity index (χ1n) is 5.55. The van der Waals surface area contributed by atoms with Crippen molar-refractivity contribution >= 4 is 23.0 Å². The van der Waals surface area contributed by atoms with Gasteiger partial charge in [0.1, 0.15) is 5.69 Å². The van der Waals surface area contributed by atoms with Gasteiger partial charge in [0.2, 0.25) is 0 Å². The first kappa shape index (κ1) is 14.3. The summed E-state index contributed by atoms with van der Waals surface area (Å²) in [7, 11) is 0. The average Bonchev–Trinajstić information content (AvgIpc) is 2.30. The number of hydrogen-bond acceptors (Lipinski definition) is 4. The van der Waals surface area contributed by atoms with Crippen molar-refractivity contribution in [2.75, 3.05) is 11.4 Å². The van der Waals surface area contributed by atoms with Crippen LogP contribution in [0.25, 0.3) is 0 Å². The molecule has 1 aromatic rings. The van der Waals surface area contributed by atoms with E-state index in [0.29, 0.717) is 23.7 Å². The van der Waals surface area contributed by atoms with Crippen LogP contribution in [0.2, 0.25) is 5.02 Å². The highest BCUT2D eigenvalue weighted by atomic mass is 35.5. The second kappa shape index (κ2) is 6.22. The lowest BCUT2D eigenvalue weighted by Crippen LogP contribution is -2.32. The molecule has 0 saturated heterocycles. The number of rotatable bonds is 5. The summed E-state index contributed by atoms with van der Waals surface area (Å²) in [5, 5.41) is 20.0. The van der Waals surface area contributed by atoms with Crippen molar-refractivity contribution in [2.45, 2.75) is 26.3 Å². The fourth-order valence-corrected chi connectivity index (χ4v) is 1.88. The largest absolute Gasteiger partial charge is 0.363 e. The van der Waals surface area contributed by atoms with E-state index in [1.807, 2.05) is 24.8 Å². The summed E-state index contributed by atoms with van der Waals surface area (Å²) in [6.45, 7) is 4.31. The predicted octanol–water partition coefficient (Wildman–Crippen LogP) is 3.38. The molecule has 96 valence electrons. The highest BCUT2D eigenvalue weighted by Gasteiger charge is 2.21. The Morgan fingerprint density at radius 2 is 2.22 bits per heavy atom. The first-order valence-corrected chi connectivity index (χ1v) is 5.92. The van der Waals surface area contributed by atoms with Crippen molar-refractivity contribution in [3.63, 3.8) is 0 Å². The molecule has 1 aromatic carbocycles. The van der Waals surface area contributed by atoms with Crippen LogP contribution in [0.3, 0.4) is 0 Å². The molecule has 0 N–H and O–H groups in total. The van der Waals surface area contributed by atoms with E-state index in [0.717, 1.165) is 0 Å². The Hall–Kier alpha value is -1.80. The maximum atomic E-state index is 11.0. The molecule has 0 saturated carbocycles. The summed E-state index contributed by atoms with van der Waals surface area (Å²) in [4.78, 5) is 12.4. The molecule has 0 bridgehead atoms. The van der Waals surface area contributed by atoms with E-state index in [1.165, 1.54) is 6.07 Å². The number of nitro benzene ring substituents is 1. The smallest absolute Gasteiger partial charge is 0.294 e. The second-order valence-electron chi connectivity index (χ2n) is 4.09. The lowest BCUT2D eigenvalue weighted by Gasteiger charge is -2.27. The summed E-state index contributed by atoms with van der Waals surface area (Å²) in [5.74, 6) is 0. The van der Waals surface area contributed by atoms with Gasteiger partial charge in [-0.05, 0) is 26.0 Å². The Labute approximate surface area is 111 Å². The molecule has 1 rings (SSSR count). The molecule has 0 spiro atoms. The molecule has 5 nitrogen and oxygen atoms in total. The Morgan fingerprint density at radius 3 is 2.72 bits per heavy atom. The highest BCUT2D eigenvalue weighted by Crippen LogP contribution is 2.32. The van der Waals surface area contributed by atoms with E-state index in [-0.39, 0.29) is 11.7 Å². The quantitative estimate of drug-likeness (QED) is 0.606. The van der Waals surface area contributed by atoms with Gasteiger partial charge in [-0.2, -0.15) is 5.26 Å². The minimum Gasteiger partial charge on any atom is -0.363 e. The van der Waals surface area contributed by atoms with Crippen LogP contribution in [0.15, 0.2) is 18.2 Å². The molecule has 0 aliphatic rings. The van der Waals surface area contributed by atoms with Crippen molar-refractivity contribution < 1.29 is 4.92 Å². The highest BCUT2D eigenvalue weighted by molar-refractivity contribution is 6.30. The molecule has 0 unspecified atom stereocenters. The number of nitrogens with zero attached hydrogens (tertiary/aromatic N) is 3. The monoisotopic (exact) mass is 267 g/mol. The van der Waals surface area contributed by atoms with Crippen LogP contribution < -0.4 is 4.90 Å². The normalized spacial score (nSPS) is 10.2. The lowest BCUT2D eigenvalue weighted by atomic mass is 10.2. The molecular formula is C12H14ClN3O2. The molecule has 0 fully saturated rings. The standard InChI is InChI=1S/C12H14ClN3O2/c1-9(2)15(7-3-6-14)11-5-4-10(13)8-12(11)16(17)18/h4-5,8-9H,3,7H2,1-2H3. The molecule has 0 aromatic heterocycles. The van der Waals surface area contributed by atoms with Gasteiger partial charge in [0.25, 0.3) is 5.69 Å². The zero-order valence-corrected chi connectivity index (χ0v) is 11.0. The first-order chi connectivity index (χ1) is 8.47. The van der Waals surface area contributed by atoms with E-state index in [1.54, 1.807) is 12.1 Å². The fraction of sp³-hybridized carbons (Fsp3) is 0.417. The summed E-state index contributed by atoms with van der Waals surface area (Å²) < 4.78 is 0. The minimum absolute atomic E-state index is 0.0332. The molecule has 0 radical (unpaired) electrons. The number of hydrogen-bond donors (Lipinski definition) is 0. The van der Waals surface area contributed by atoms with Gasteiger partial charge >= 0.3 is 0 Å². The number of benzene rings is 1. The van der Waals surface area contributed by atoms with Crippen molar-refractivity contribution in [3.8, 4) is 6.07 Å². The molecular weight excluding hydrogens is 254 g/mol. The Morgan fingerprint density at radius 1 is 1.56 bits per heavy atom. The van der Waals surface area contributed by atoms with Gasteiger partial charge in [0, 0.05) is 23.7 Å². The molecule has 0 amide bonds. The van der Waals surface area contributed by atoms with E-state index >= 15 is 0 Å². The Kier molecular flexibility index (Phi) is 4.93. The lowest BCUT2D eigenvalue weighted by molar-refractivity contribution is -0.384. The van der Waals surface area contributed by atoms with E-state index in [4.69, 9.17) is 16.9 Å². The fourth-order valence-electron chi connectivity index (χ4n) is 1.71. The van der Waals surface area contributed by atoms with Crippen LogP contribution in [0.5, 0.6) is 0 Å². The van der Waals surface area contributed by atoms with Gasteiger partial charge in [-0.15, -0.1) is 0 Å². The molecule has 18 heavy (non-hydrogen) atoms. The molecule has 6 heteroatoms. The van der Waals surface area contributed by atoms with Crippen LogP contribution in [0.1, 0.15) is 20.3 Å². The van der Waals surface area contributed by atoms with Crippen LogP contribution in [-0.4, -0.2) is 17.5 Å². The van der Waals surface area contributed by atoms with E-state index < -0.39 is 4.92 Å². The Bertz CT molecular complexity index is 483. The van der Waals surface area contributed by atoms with Gasteiger partial charge in [-0.25, -0.2) is 0 Å². The molecule has 0 aliphatic carbocycles. The van der Waals surface area contributed by atoms with Crippen molar-refractivity contribution in [1.82, 2.24) is 0 Å². The summed E-state index contributed by atoms with van der Waals surface area (Å²) >= 11 is 5.77. The molecule has 0 aliphatic heterocycles. The van der Waals surface area contributed by atoms with Crippen molar-refractivity contribution in [1.29, 1.82) is 5.26 Å². The van der Waals surface area contributed by atoms with E-state index in [9.17, 15) is 10.1 Å².